The van der Waals surface area contributed by atoms with E-state index in [0.29, 0.717) is 23.4 Å². The van der Waals surface area contributed by atoms with Gasteiger partial charge in [-0.25, -0.2) is 14.4 Å². The quantitative estimate of drug-likeness (QED) is 0.271. The lowest BCUT2D eigenvalue weighted by Crippen LogP contribution is -2.16. The predicted octanol–water partition coefficient (Wildman–Crippen LogP) is 2.85. The van der Waals surface area contributed by atoms with Gasteiger partial charge in [-0.2, -0.15) is 0 Å². The summed E-state index contributed by atoms with van der Waals surface area (Å²) in [6, 6.07) is 10.3. The van der Waals surface area contributed by atoms with E-state index in [1.54, 1.807) is 12.4 Å². The van der Waals surface area contributed by atoms with Gasteiger partial charge in [-0.15, -0.1) is 0 Å². The van der Waals surface area contributed by atoms with Gasteiger partial charge in [-0.05, 0) is 29.8 Å². The van der Waals surface area contributed by atoms with E-state index < -0.39 is 11.4 Å². The Hall–Kier alpha value is -3.98. The number of hydrogen-bond donors (Lipinski definition) is 5. The molecule has 0 aliphatic carbocycles. The van der Waals surface area contributed by atoms with Crippen LogP contribution < -0.4 is 16.6 Å². The second-order valence-electron chi connectivity index (χ2n) is 7.33. The fraction of sp³-hybridized carbons (Fsp3) is 0.136. The van der Waals surface area contributed by atoms with E-state index in [2.05, 4.69) is 30.2 Å². The van der Waals surface area contributed by atoms with Crippen LogP contribution >= 0.6 is 0 Å². The zero-order valence-electron chi connectivity index (χ0n) is 16.5. The summed E-state index contributed by atoms with van der Waals surface area (Å²) in [5.41, 5.74) is 9.86. The standard InChI is InChI=1S/C22H20FN7O/c23-14-2-1-3-16-18(14)20(24)19(22(31)30-16)21-28-15-5-4-12(8-17(15)29-21)9-25-7-6-13-10-26-11-27-13/h1-5,8,10-11,25H,6-7,9H2,(H,26,27)(H,28,29)(H3,24,30,31). The van der Waals surface area contributed by atoms with E-state index in [4.69, 9.17) is 5.73 Å². The summed E-state index contributed by atoms with van der Waals surface area (Å²) >= 11 is 0. The minimum absolute atomic E-state index is 0.0659. The molecule has 3 aromatic heterocycles. The lowest BCUT2D eigenvalue weighted by atomic mass is 10.1. The highest BCUT2D eigenvalue weighted by molar-refractivity contribution is 5.98. The fourth-order valence-electron chi connectivity index (χ4n) is 3.73. The summed E-state index contributed by atoms with van der Waals surface area (Å²) in [6.07, 6.45) is 4.38. The summed E-state index contributed by atoms with van der Waals surface area (Å²) in [4.78, 5) is 30.1. The molecule has 0 spiro atoms. The molecule has 5 rings (SSSR count). The van der Waals surface area contributed by atoms with Gasteiger partial charge in [0.25, 0.3) is 5.56 Å². The zero-order chi connectivity index (χ0) is 21.4. The van der Waals surface area contributed by atoms with Gasteiger partial charge in [0.05, 0.1) is 39.6 Å². The van der Waals surface area contributed by atoms with Crippen LogP contribution in [0.3, 0.4) is 0 Å². The summed E-state index contributed by atoms with van der Waals surface area (Å²) in [7, 11) is 0. The van der Waals surface area contributed by atoms with Gasteiger partial charge in [0, 0.05) is 25.7 Å². The van der Waals surface area contributed by atoms with E-state index >= 15 is 0 Å². The first kappa shape index (κ1) is 19.0. The van der Waals surface area contributed by atoms with Gasteiger partial charge in [0.1, 0.15) is 17.2 Å². The largest absolute Gasteiger partial charge is 0.397 e. The number of pyridine rings is 1. The van der Waals surface area contributed by atoms with E-state index in [-0.39, 0.29) is 16.6 Å². The number of halogens is 1. The Morgan fingerprint density at radius 3 is 2.87 bits per heavy atom. The lowest BCUT2D eigenvalue weighted by molar-refractivity contribution is 0.640. The maximum Gasteiger partial charge on any atom is 0.261 e. The van der Waals surface area contributed by atoms with E-state index in [9.17, 15) is 9.18 Å². The Bertz CT molecular complexity index is 1440. The Balaban J connectivity index is 1.43. The third kappa shape index (κ3) is 3.55. The molecular weight excluding hydrogens is 397 g/mol. The maximum absolute atomic E-state index is 14.3. The number of nitrogens with zero attached hydrogens (tertiary/aromatic N) is 2. The van der Waals surface area contributed by atoms with Gasteiger partial charge in [0.2, 0.25) is 0 Å². The molecule has 0 atom stereocenters. The molecular formula is C22H20FN7O. The van der Waals surface area contributed by atoms with Crippen molar-refractivity contribution in [2.24, 2.45) is 0 Å². The molecule has 156 valence electrons. The van der Waals surface area contributed by atoms with Crippen LogP contribution in [0, 0.1) is 5.82 Å². The van der Waals surface area contributed by atoms with Gasteiger partial charge in [0.15, 0.2) is 0 Å². The molecule has 5 aromatic rings. The number of imidazole rings is 2. The van der Waals surface area contributed by atoms with Crippen LogP contribution in [0.15, 0.2) is 53.7 Å². The van der Waals surface area contributed by atoms with Crippen molar-refractivity contribution in [3.63, 3.8) is 0 Å². The van der Waals surface area contributed by atoms with Crippen LogP contribution in [0.5, 0.6) is 0 Å². The lowest BCUT2D eigenvalue weighted by Gasteiger charge is -2.07. The van der Waals surface area contributed by atoms with E-state index in [1.807, 2.05) is 24.4 Å². The maximum atomic E-state index is 14.3. The van der Waals surface area contributed by atoms with E-state index in [1.165, 1.54) is 12.1 Å². The number of nitrogens with two attached hydrogens (primary N) is 1. The predicted molar refractivity (Wildman–Crippen MR) is 118 cm³/mol. The van der Waals surface area contributed by atoms with Crippen LogP contribution in [-0.4, -0.2) is 31.5 Å². The second-order valence-corrected chi connectivity index (χ2v) is 7.33. The average Bonchev–Trinajstić information content (AvgIpc) is 3.40. The molecule has 3 heterocycles. The number of nitrogen functional groups attached to an aromatic ring is 1. The molecule has 0 radical (unpaired) electrons. The molecule has 0 saturated heterocycles. The van der Waals surface area contributed by atoms with Crippen molar-refractivity contribution in [3.05, 3.63) is 76.4 Å². The molecule has 0 aliphatic rings. The monoisotopic (exact) mass is 417 g/mol. The number of rotatable bonds is 6. The van der Waals surface area contributed by atoms with Crippen molar-refractivity contribution in [2.75, 3.05) is 12.3 Å². The Labute approximate surface area is 175 Å². The number of anilines is 1. The molecule has 0 amide bonds. The third-order valence-corrected chi connectivity index (χ3v) is 5.25. The Morgan fingerprint density at radius 2 is 2.03 bits per heavy atom. The number of fused-ring (bicyclic) bond motifs is 2. The molecule has 0 aliphatic heterocycles. The SMILES string of the molecule is Nc1c(-c2nc3ccc(CNCCc4c[nH]cn4)cc3[nH]2)c(=O)[nH]c2cccc(F)c12. The first-order valence-electron chi connectivity index (χ1n) is 9.87. The highest BCUT2D eigenvalue weighted by Crippen LogP contribution is 2.29. The second kappa shape index (κ2) is 7.69. The topological polar surface area (TPSA) is 128 Å². The van der Waals surface area contributed by atoms with Crippen molar-refractivity contribution < 1.29 is 4.39 Å². The molecule has 2 aromatic carbocycles. The number of nitrogens with one attached hydrogen (secondary N) is 4. The zero-order valence-corrected chi connectivity index (χ0v) is 16.5. The molecule has 0 unspecified atom stereocenters. The fourth-order valence-corrected chi connectivity index (χ4v) is 3.73. The first-order valence-corrected chi connectivity index (χ1v) is 9.87. The third-order valence-electron chi connectivity index (χ3n) is 5.25. The van der Waals surface area contributed by atoms with Crippen molar-refractivity contribution in [1.82, 2.24) is 30.2 Å². The number of aromatic nitrogens is 5. The molecule has 0 fully saturated rings. The van der Waals surface area contributed by atoms with Gasteiger partial charge in [-0.3, -0.25) is 4.79 Å². The Morgan fingerprint density at radius 1 is 1.13 bits per heavy atom. The number of hydrogen-bond acceptors (Lipinski definition) is 5. The molecule has 0 saturated carbocycles. The minimum atomic E-state index is -0.494. The molecule has 0 bridgehead atoms. The van der Waals surface area contributed by atoms with Crippen molar-refractivity contribution >= 4 is 27.6 Å². The number of aromatic amines is 3. The summed E-state index contributed by atoms with van der Waals surface area (Å²) in [6.45, 7) is 1.48. The molecule has 9 heteroatoms. The van der Waals surface area contributed by atoms with Crippen LogP contribution in [0.4, 0.5) is 10.1 Å². The van der Waals surface area contributed by atoms with E-state index in [0.717, 1.165) is 29.7 Å². The van der Waals surface area contributed by atoms with Gasteiger partial charge >= 0.3 is 0 Å². The van der Waals surface area contributed by atoms with Crippen molar-refractivity contribution in [2.45, 2.75) is 13.0 Å². The average molecular weight is 417 g/mol. The minimum Gasteiger partial charge on any atom is -0.397 e. The highest BCUT2D eigenvalue weighted by Gasteiger charge is 2.18. The van der Waals surface area contributed by atoms with Crippen LogP contribution in [-0.2, 0) is 13.0 Å². The Kier molecular flexibility index (Phi) is 4.72. The summed E-state index contributed by atoms with van der Waals surface area (Å²) < 4.78 is 14.3. The summed E-state index contributed by atoms with van der Waals surface area (Å²) in [5.74, 6) is -0.186. The van der Waals surface area contributed by atoms with Crippen molar-refractivity contribution in [1.29, 1.82) is 0 Å². The highest BCUT2D eigenvalue weighted by atomic mass is 19.1. The normalized spacial score (nSPS) is 11.5. The number of benzene rings is 2. The smallest absolute Gasteiger partial charge is 0.261 e. The summed E-state index contributed by atoms with van der Waals surface area (Å²) in [5, 5.41) is 3.56. The van der Waals surface area contributed by atoms with Crippen molar-refractivity contribution in [3.8, 4) is 11.4 Å². The van der Waals surface area contributed by atoms with Gasteiger partial charge < -0.3 is 26.0 Å². The molecule has 31 heavy (non-hydrogen) atoms. The molecule has 6 N–H and O–H groups in total. The van der Waals surface area contributed by atoms with Crippen LogP contribution in [0.1, 0.15) is 11.3 Å². The molecule has 8 nitrogen and oxygen atoms in total. The number of H-pyrrole nitrogens is 3. The van der Waals surface area contributed by atoms with Gasteiger partial charge in [-0.1, -0.05) is 12.1 Å². The van der Waals surface area contributed by atoms with Crippen LogP contribution in [0.25, 0.3) is 33.3 Å². The van der Waals surface area contributed by atoms with Crippen LogP contribution in [0.2, 0.25) is 0 Å². The first-order chi connectivity index (χ1) is 15.1.